The molecule has 0 aromatic heterocycles. The summed E-state index contributed by atoms with van der Waals surface area (Å²) in [6.45, 7) is 1.40. The van der Waals surface area contributed by atoms with Crippen LogP contribution in [0.4, 0.5) is 0 Å². The van der Waals surface area contributed by atoms with E-state index in [0.717, 1.165) is 0 Å². The maximum absolute atomic E-state index is 10.9. The molecule has 0 aromatic carbocycles. The van der Waals surface area contributed by atoms with Crippen LogP contribution >= 0.6 is 0 Å². The molecule has 0 aliphatic carbocycles. The standard InChI is InChI=1S/C8H14O8/c1-2-16-8(15)6(12)4(10)3(9)5(11)7(13)14/h3-6,9-12H,2H2,1H3,(H,13,14)/t3-,4-,5+,6-/m1/s1. The third-order valence-corrected chi connectivity index (χ3v) is 1.78. The van der Waals surface area contributed by atoms with E-state index < -0.39 is 36.4 Å². The summed E-state index contributed by atoms with van der Waals surface area (Å²) in [4.78, 5) is 21.2. The summed E-state index contributed by atoms with van der Waals surface area (Å²) in [6.07, 6.45) is -8.77. The van der Waals surface area contributed by atoms with E-state index in [-0.39, 0.29) is 6.61 Å². The summed E-state index contributed by atoms with van der Waals surface area (Å²) in [7, 11) is 0. The first-order chi connectivity index (χ1) is 7.32. The Hall–Kier alpha value is -1.22. The second-order valence-electron chi connectivity index (χ2n) is 2.96. The fraction of sp³-hybridized carbons (Fsp3) is 0.750. The van der Waals surface area contributed by atoms with Crippen molar-refractivity contribution in [2.75, 3.05) is 6.61 Å². The predicted octanol–water partition coefficient (Wildman–Crippen LogP) is -2.92. The predicted molar refractivity (Wildman–Crippen MR) is 48.3 cm³/mol. The van der Waals surface area contributed by atoms with Crippen LogP contribution in [0.15, 0.2) is 0 Å². The highest BCUT2D eigenvalue weighted by atomic mass is 16.5. The Morgan fingerprint density at radius 3 is 1.88 bits per heavy atom. The zero-order valence-electron chi connectivity index (χ0n) is 8.48. The first-order valence-corrected chi connectivity index (χ1v) is 4.44. The Labute approximate surface area is 90.7 Å². The van der Waals surface area contributed by atoms with Crippen molar-refractivity contribution < 1.29 is 39.9 Å². The van der Waals surface area contributed by atoms with Gasteiger partial charge >= 0.3 is 11.9 Å². The first kappa shape index (κ1) is 14.8. The van der Waals surface area contributed by atoms with Crippen LogP contribution in [0.1, 0.15) is 6.92 Å². The van der Waals surface area contributed by atoms with Gasteiger partial charge in [-0.05, 0) is 6.92 Å². The van der Waals surface area contributed by atoms with Gasteiger partial charge in [-0.15, -0.1) is 0 Å². The number of hydrogen-bond acceptors (Lipinski definition) is 7. The molecule has 0 heterocycles. The Kier molecular flexibility index (Phi) is 5.89. The number of carbonyl (C=O) groups is 2. The van der Waals surface area contributed by atoms with Crippen molar-refractivity contribution in [1.29, 1.82) is 0 Å². The summed E-state index contributed by atoms with van der Waals surface area (Å²) >= 11 is 0. The number of hydrogen-bond donors (Lipinski definition) is 5. The molecule has 0 bridgehead atoms. The molecule has 0 aliphatic rings. The van der Waals surface area contributed by atoms with E-state index in [1.54, 1.807) is 0 Å². The van der Waals surface area contributed by atoms with Crippen LogP contribution in [-0.4, -0.2) is 68.5 Å². The molecule has 0 radical (unpaired) electrons. The molecular weight excluding hydrogens is 224 g/mol. The maximum atomic E-state index is 10.9. The van der Waals surface area contributed by atoms with E-state index in [9.17, 15) is 14.7 Å². The number of aliphatic hydroxyl groups excluding tert-OH is 4. The lowest BCUT2D eigenvalue weighted by Gasteiger charge is -2.23. The van der Waals surface area contributed by atoms with Crippen molar-refractivity contribution in [2.24, 2.45) is 0 Å². The highest BCUT2D eigenvalue weighted by Gasteiger charge is 2.37. The topological polar surface area (TPSA) is 145 Å². The highest BCUT2D eigenvalue weighted by molar-refractivity contribution is 5.76. The van der Waals surface area contributed by atoms with Crippen molar-refractivity contribution in [1.82, 2.24) is 0 Å². The van der Waals surface area contributed by atoms with E-state index in [0.29, 0.717) is 0 Å². The summed E-state index contributed by atoms with van der Waals surface area (Å²) in [5.74, 6) is -3.01. The van der Waals surface area contributed by atoms with Gasteiger partial charge in [0.1, 0.15) is 12.2 Å². The molecule has 0 aromatic rings. The van der Waals surface area contributed by atoms with Gasteiger partial charge in [-0.3, -0.25) is 0 Å². The first-order valence-electron chi connectivity index (χ1n) is 4.44. The third kappa shape index (κ3) is 3.74. The lowest BCUT2D eigenvalue weighted by atomic mass is 10.0. The molecule has 16 heavy (non-hydrogen) atoms. The molecule has 0 amide bonds. The average Bonchev–Trinajstić information content (AvgIpc) is 2.25. The van der Waals surface area contributed by atoms with Gasteiger partial charge in [-0.2, -0.15) is 0 Å². The van der Waals surface area contributed by atoms with E-state index in [2.05, 4.69) is 4.74 Å². The van der Waals surface area contributed by atoms with E-state index in [1.807, 2.05) is 0 Å². The minimum absolute atomic E-state index is 0.0554. The minimum Gasteiger partial charge on any atom is -0.479 e. The molecule has 0 fully saturated rings. The molecule has 0 saturated carbocycles. The number of carboxylic acid groups (broad SMARTS) is 1. The van der Waals surface area contributed by atoms with Gasteiger partial charge in [0, 0.05) is 0 Å². The summed E-state index contributed by atoms with van der Waals surface area (Å²) < 4.78 is 4.33. The smallest absolute Gasteiger partial charge is 0.337 e. The fourth-order valence-electron chi connectivity index (χ4n) is 0.887. The van der Waals surface area contributed by atoms with E-state index >= 15 is 0 Å². The largest absolute Gasteiger partial charge is 0.479 e. The monoisotopic (exact) mass is 238 g/mol. The fourth-order valence-corrected chi connectivity index (χ4v) is 0.887. The van der Waals surface area contributed by atoms with Crippen LogP contribution in [0.2, 0.25) is 0 Å². The van der Waals surface area contributed by atoms with Crippen LogP contribution in [0.3, 0.4) is 0 Å². The van der Waals surface area contributed by atoms with Gasteiger partial charge in [0.05, 0.1) is 6.61 Å². The lowest BCUT2D eigenvalue weighted by Crippen LogP contribution is -2.50. The van der Waals surface area contributed by atoms with Gasteiger partial charge < -0.3 is 30.3 Å². The van der Waals surface area contributed by atoms with Gasteiger partial charge in [-0.25, -0.2) is 9.59 Å². The van der Waals surface area contributed by atoms with Gasteiger partial charge in [0.25, 0.3) is 0 Å². The molecule has 8 nitrogen and oxygen atoms in total. The van der Waals surface area contributed by atoms with Crippen LogP contribution < -0.4 is 0 Å². The SMILES string of the molecule is CCOC(=O)[C@H](O)[C@H](O)[C@@H](O)[C@H](O)C(=O)O. The summed E-state index contributed by atoms with van der Waals surface area (Å²) in [6, 6.07) is 0. The highest BCUT2D eigenvalue weighted by Crippen LogP contribution is 2.07. The van der Waals surface area contributed by atoms with Crippen LogP contribution in [0.25, 0.3) is 0 Å². The number of esters is 1. The Bertz CT molecular complexity index is 252. The Balaban J connectivity index is 4.47. The molecule has 94 valence electrons. The average molecular weight is 238 g/mol. The molecule has 0 saturated heterocycles. The van der Waals surface area contributed by atoms with E-state index in [1.165, 1.54) is 6.92 Å². The van der Waals surface area contributed by atoms with Crippen molar-refractivity contribution in [3.05, 3.63) is 0 Å². The summed E-state index contributed by atoms with van der Waals surface area (Å²) in [5.41, 5.74) is 0. The number of carboxylic acids is 1. The van der Waals surface area contributed by atoms with Crippen LogP contribution in [0, 0.1) is 0 Å². The number of rotatable bonds is 6. The number of carbonyl (C=O) groups excluding carboxylic acids is 1. The van der Waals surface area contributed by atoms with Crippen molar-refractivity contribution in [3.8, 4) is 0 Å². The normalized spacial score (nSPS) is 18.3. The summed E-state index contributed by atoms with van der Waals surface area (Å²) in [5, 5.41) is 44.6. The third-order valence-electron chi connectivity index (χ3n) is 1.78. The van der Waals surface area contributed by atoms with Crippen molar-refractivity contribution >= 4 is 11.9 Å². The Morgan fingerprint density at radius 2 is 1.50 bits per heavy atom. The van der Waals surface area contributed by atoms with Crippen LogP contribution in [-0.2, 0) is 14.3 Å². The molecule has 0 aliphatic heterocycles. The maximum Gasteiger partial charge on any atom is 0.337 e. The number of aliphatic hydroxyl groups is 4. The zero-order chi connectivity index (χ0) is 12.9. The van der Waals surface area contributed by atoms with Crippen molar-refractivity contribution in [3.63, 3.8) is 0 Å². The second kappa shape index (κ2) is 6.38. The molecule has 4 atom stereocenters. The Morgan fingerprint density at radius 1 is 1.06 bits per heavy atom. The van der Waals surface area contributed by atoms with Gasteiger partial charge in [0.2, 0.25) is 0 Å². The molecule has 5 N–H and O–H groups in total. The van der Waals surface area contributed by atoms with Crippen molar-refractivity contribution in [2.45, 2.75) is 31.3 Å². The molecular formula is C8H14O8. The quantitative estimate of drug-likeness (QED) is 0.309. The number of ether oxygens (including phenoxy) is 1. The molecule has 0 spiro atoms. The molecule has 0 unspecified atom stereocenters. The van der Waals surface area contributed by atoms with Gasteiger partial charge in [0.15, 0.2) is 12.2 Å². The zero-order valence-corrected chi connectivity index (χ0v) is 8.48. The van der Waals surface area contributed by atoms with Crippen LogP contribution in [0.5, 0.6) is 0 Å². The van der Waals surface area contributed by atoms with E-state index in [4.69, 9.17) is 20.4 Å². The lowest BCUT2D eigenvalue weighted by molar-refractivity contribution is -0.175. The molecule has 8 heteroatoms. The molecule has 0 rings (SSSR count). The number of aliphatic carboxylic acids is 1. The van der Waals surface area contributed by atoms with Gasteiger partial charge in [-0.1, -0.05) is 0 Å². The minimum atomic E-state index is -2.31. The second-order valence-corrected chi connectivity index (χ2v) is 2.96.